The predicted molar refractivity (Wildman–Crippen MR) is 92.0 cm³/mol. The first-order chi connectivity index (χ1) is 11.5. The average molecular weight is 378 g/mol. The number of hydrogen-bond donors (Lipinski definition) is 2. The van der Waals surface area contributed by atoms with E-state index in [-0.39, 0.29) is 30.8 Å². The van der Waals surface area contributed by atoms with Crippen molar-refractivity contribution in [3.8, 4) is 0 Å². The van der Waals surface area contributed by atoms with Gasteiger partial charge in [0.15, 0.2) is 0 Å². The molecule has 1 aliphatic carbocycles. The zero-order valence-electron chi connectivity index (χ0n) is 13.8. The largest absolute Gasteiger partial charge is 0.405 e. The average Bonchev–Trinajstić information content (AvgIpc) is 2.99. The van der Waals surface area contributed by atoms with E-state index in [9.17, 15) is 18.0 Å². The molecular weight excluding hydrogens is 355 g/mol. The van der Waals surface area contributed by atoms with E-state index < -0.39 is 12.2 Å². The van der Waals surface area contributed by atoms with Crippen LogP contribution in [0.25, 0.3) is 0 Å². The van der Waals surface area contributed by atoms with E-state index in [0.29, 0.717) is 32.6 Å². The van der Waals surface area contributed by atoms with Gasteiger partial charge in [-0.3, -0.25) is 9.69 Å². The highest BCUT2D eigenvalue weighted by atomic mass is 35.5. The molecule has 2 aliphatic rings. The first kappa shape index (κ1) is 20.0. The van der Waals surface area contributed by atoms with Gasteiger partial charge in [0.25, 0.3) is 0 Å². The molecule has 1 aromatic carbocycles. The second-order valence-electron chi connectivity index (χ2n) is 6.38. The number of piperazine rings is 1. The molecule has 1 amide bonds. The Balaban J connectivity index is 0.00000225. The highest BCUT2D eigenvalue weighted by Gasteiger charge is 2.44. The fourth-order valence-electron chi connectivity index (χ4n) is 3.60. The van der Waals surface area contributed by atoms with Crippen molar-refractivity contribution >= 4 is 18.3 Å². The number of nitrogens with zero attached hydrogens (tertiary/aromatic N) is 1. The highest BCUT2D eigenvalue weighted by Crippen LogP contribution is 2.33. The van der Waals surface area contributed by atoms with Crippen molar-refractivity contribution in [1.82, 2.24) is 15.5 Å². The molecule has 140 valence electrons. The van der Waals surface area contributed by atoms with Crippen LogP contribution in [0.15, 0.2) is 24.3 Å². The normalized spacial score (nSPS) is 22.0. The van der Waals surface area contributed by atoms with E-state index in [2.05, 4.69) is 10.6 Å². The smallest absolute Gasteiger partial charge is 0.354 e. The molecule has 0 aromatic heterocycles. The Bertz CT molecular complexity index is 591. The summed E-state index contributed by atoms with van der Waals surface area (Å²) in [6, 6.07) is 6.03. The Kier molecular flexibility index (Phi) is 6.71. The molecule has 0 radical (unpaired) electrons. The zero-order chi connectivity index (χ0) is 17.2. The maximum atomic E-state index is 13.4. The lowest BCUT2D eigenvalue weighted by molar-refractivity contribution is -0.184. The number of alkyl halides is 3. The van der Waals surface area contributed by atoms with E-state index >= 15 is 0 Å². The molecule has 1 aliphatic heterocycles. The fraction of sp³-hybridized carbons (Fsp3) is 0.588. The van der Waals surface area contributed by atoms with Crippen LogP contribution >= 0.6 is 12.4 Å². The Morgan fingerprint density at radius 1 is 1.28 bits per heavy atom. The molecule has 2 unspecified atom stereocenters. The summed E-state index contributed by atoms with van der Waals surface area (Å²) in [5.41, 5.74) is 2.06. The second-order valence-corrected chi connectivity index (χ2v) is 6.38. The number of amides is 1. The molecule has 0 spiro atoms. The summed E-state index contributed by atoms with van der Waals surface area (Å²) in [6.45, 7) is 1.37. The number of nitrogens with one attached hydrogen (secondary N) is 2. The Labute approximate surface area is 151 Å². The van der Waals surface area contributed by atoms with E-state index in [0.717, 1.165) is 17.5 Å². The Hall–Kier alpha value is -1.31. The number of halogens is 4. The van der Waals surface area contributed by atoms with Crippen molar-refractivity contribution in [2.24, 2.45) is 0 Å². The lowest BCUT2D eigenvalue weighted by Crippen LogP contribution is -2.57. The quantitative estimate of drug-likeness (QED) is 0.844. The van der Waals surface area contributed by atoms with Crippen LogP contribution in [0.4, 0.5) is 13.2 Å². The van der Waals surface area contributed by atoms with Crippen LogP contribution in [0.1, 0.15) is 23.5 Å². The summed E-state index contributed by atoms with van der Waals surface area (Å²) in [7, 11) is 0. The molecule has 2 atom stereocenters. The van der Waals surface area contributed by atoms with E-state index in [1.807, 2.05) is 24.3 Å². The first-order valence-electron chi connectivity index (χ1n) is 8.34. The molecule has 0 bridgehead atoms. The van der Waals surface area contributed by atoms with Crippen LogP contribution in [0.2, 0.25) is 0 Å². The molecule has 4 nitrogen and oxygen atoms in total. The number of rotatable bonds is 4. The second kappa shape index (κ2) is 8.38. The number of fused-ring (bicyclic) bond motifs is 1. The Morgan fingerprint density at radius 3 is 2.64 bits per heavy atom. The zero-order valence-corrected chi connectivity index (χ0v) is 14.6. The molecule has 25 heavy (non-hydrogen) atoms. The lowest BCUT2D eigenvalue weighted by Gasteiger charge is -2.36. The van der Waals surface area contributed by atoms with Gasteiger partial charge in [-0.25, -0.2) is 0 Å². The van der Waals surface area contributed by atoms with Crippen LogP contribution in [0.3, 0.4) is 0 Å². The van der Waals surface area contributed by atoms with E-state index in [4.69, 9.17) is 0 Å². The van der Waals surface area contributed by atoms with Gasteiger partial charge in [-0.05, 0) is 24.0 Å². The van der Waals surface area contributed by atoms with Gasteiger partial charge < -0.3 is 10.6 Å². The molecule has 1 saturated heterocycles. The molecule has 1 aromatic rings. The third-order valence-corrected chi connectivity index (χ3v) is 4.89. The van der Waals surface area contributed by atoms with Crippen molar-refractivity contribution in [2.75, 3.05) is 32.7 Å². The molecular formula is C17H23ClF3N3O. The van der Waals surface area contributed by atoms with Crippen LogP contribution < -0.4 is 10.6 Å². The number of carbonyl (C=O) groups excluding carboxylic acids is 1. The summed E-state index contributed by atoms with van der Waals surface area (Å²) >= 11 is 0. The minimum absolute atomic E-state index is 0. The van der Waals surface area contributed by atoms with Gasteiger partial charge in [-0.1, -0.05) is 24.3 Å². The van der Waals surface area contributed by atoms with Crippen molar-refractivity contribution in [2.45, 2.75) is 31.0 Å². The summed E-state index contributed by atoms with van der Waals surface area (Å²) in [5, 5.41) is 5.59. The highest BCUT2D eigenvalue weighted by molar-refractivity contribution is 5.85. The SMILES string of the molecule is Cl.O=C(NCC(N1CCNCC1)C(F)(F)F)C1CCc2ccccc21. The lowest BCUT2D eigenvalue weighted by atomic mass is 10.0. The van der Waals surface area contributed by atoms with Crippen molar-refractivity contribution in [1.29, 1.82) is 0 Å². The third-order valence-electron chi connectivity index (χ3n) is 4.89. The van der Waals surface area contributed by atoms with Gasteiger partial charge in [-0.2, -0.15) is 13.2 Å². The van der Waals surface area contributed by atoms with Crippen LogP contribution in [0.5, 0.6) is 0 Å². The van der Waals surface area contributed by atoms with Crippen molar-refractivity contribution in [3.05, 3.63) is 35.4 Å². The summed E-state index contributed by atoms with van der Waals surface area (Å²) in [5.74, 6) is -0.637. The van der Waals surface area contributed by atoms with Gasteiger partial charge in [0.1, 0.15) is 6.04 Å². The standard InChI is InChI=1S/C17H22F3N3O.ClH/c18-17(19,20)15(23-9-7-21-8-10-23)11-22-16(24)14-6-5-12-3-1-2-4-13(12)14;/h1-4,14-15,21H,5-11H2,(H,22,24);1H. The summed E-state index contributed by atoms with van der Waals surface area (Å²) in [4.78, 5) is 13.8. The van der Waals surface area contributed by atoms with Gasteiger partial charge in [0.2, 0.25) is 5.91 Å². The van der Waals surface area contributed by atoms with Crippen LogP contribution in [-0.2, 0) is 11.2 Å². The maximum absolute atomic E-state index is 13.4. The number of benzene rings is 1. The number of hydrogen-bond acceptors (Lipinski definition) is 3. The van der Waals surface area contributed by atoms with Gasteiger partial charge in [0.05, 0.1) is 5.92 Å². The van der Waals surface area contributed by atoms with Crippen LogP contribution in [-0.4, -0.2) is 55.7 Å². The maximum Gasteiger partial charge on any atom is 0.405 e. The molecule has 2 N–H and O–H groups in total. The molecule has 0 saturated carbocycles. The predicted octanol–water partition coefficient (Wildman–Crippen LogP) is 2.09. The summed E-state index contributed by atoms with van der Waals surface area (Å²) < 4.78 is 40.1. The number of carbonyl (C=O) groups is 1. The summed E-state index contributed by atoms with van der Waals surface area (Å²) in [6.07, 6.45) is -2.89. The molecule has 8 heteroatoms. The number of aryl methyl sites for hydroxylation is 1. The minimum atomic E-state index is -4.35. The molecule has 1 fully saturated rings. The van der Waals surface area contributed by atoms with E-state index in [1.165, 1.54) is 4.90 Å². The van der Waals surface area contributed by atoms with Crippen molar-refractivity contribution in [3.63, 3.8) is 0 Å². The van der Waals surface area contributed by atoms with Crippen LogP contribution in [0, 0.1) is 0 Å². The van der Waals surface area contributed by atoms with Gasteiger partial charge >= 0.3 is 6.18 Å². The first-order valence-corrected chi connectivity index (χ1v) is 8.34. The minimum Gasteiger partial charge on any atom is -0.354 e. The van der Waals surface area contributed by atoms with Crippen molar-refractivity contribution < 1.29 is 18.0 Å². The molecule has 3 rings (SSSR count). The Morgan fingerprint density at radius 2 is 1.96 bits per heavy atom. The topological polar surface area (TPSA) is 44.4 Å². The van der Waals surface area contributed by atoms with E-state index in [1.54, 1.807) is 0 Å². The third kappa shape index (κ3) is 4.65. The monoisotopic (exact) mass is 377 g/mol. The molecule has 1 heterocycles. The fourth-order valence-corrected chi connectivity index (χ4v) is 3.60. The van der Waals surface area contributed by atoms with Gasteiger partial charge in [0, 0.05) is 32.7 Å². The van der Waals surface area contributed by atoms with Gasteiger partial charge in [-0.15, -0.1) is 12.4 Å².